The van der Waals surface area contributed by atoms with Crippen LogP contribution < -0.4 is 14.8 Å². The van der Waals surface area contributed by atoms with Crippen LogP contribution >= 0.6 is 0 Å². The van der Waals surface area contributed by atoms with Gasteiger partial charge in [-0.25, -0.2) is 0 Å². The summed E-state index contributed by atoms with van der Waals surface area (Å²) in [7, 11) is 1.35. The van der Waals surface area contributed by atoms with Gasteiger partial charge in [-0.1, -0.05) is 19.8 Å². The number of nitrogens with one attached hydrogen (secondary N) is 1. The summed E-state index contributed by atoms with van der Waals surface area (Å²) < 4.78 is 33.9. The van der Waals surface area contributed by atoms with Crippen LogP contribution in [0.15, 0.2) is 18.2 Å². The van der Waals surface area contributed by atoms with Crippen LogP contribution in [0.5, 0.6) is 11.5 Å². The van der Waals surface area contributed by atoms with E-state index in [2.05, 4.69) is 17.0 Å². The van der Waals surface area contributed by atoms with Gasteiger partial charge < -0.3 is 14.8 Å². The summed E-state index contributed by atoms with van der Waals surface area (Å²) in [6.07, 6.45) is 4.38. The van der Waals surface area contributed by atoms with E-state index in [1.165, 1.54) is 31.7 Å². The lowest BCUT2D eigenvalue weighted by molar-refractivity contribution is -0.0512. The maximum atomic E-state index is 12.3. The number of ether oxygens (including phenoxy) is 2. The predicted molar refractivity (Wildman–Crippen MR) is 78.5 cm³/mol. The first-order chi connectivity index (χ1) is 10.5. The van der Waals surface area contributed by atoms with E-state index in [-0.39, 0.29) is 23.4 Å². The Morgan fingerprint density at radius 3 is 2.64 bits per heavy atom. The second-order valence-corrected chi connectivity index (χ2v) is 5.59. The van der Waals surface area contributed by atoms with E-state index in [1.807, 2.05) is 0 Å². The molecule has 0 saturated heterocycles. The van der Waals surface area contributed by atoms with Gasteiger partial charge in [0.1, 0.15) is 0 Å². The summed E-state index contributed by atoms with van der Waals surface area (Å²) in [5, 5.41) is 3.01. The van der Waals surface area contributed by atoms with Crippen LogP contribution in [-0.2, 0) is 0 Å². The minimum atomic E-state index is -2.93. The van der Waals surface area contributed by atoms with E-state index in [9.17, 15) is 13.6 Å². The van der Waals surface area contributed by atoms with Gasteiger partial charge in [0.2, 0.25) is 0 Å². The molecule has 2 rings (SSSR count). The van der Waals surface area contributed by atoms with Crippen molar-refractivity contribution in [2.75, 3.05) is 7.11 Å². The fourth-order valence-electron chi connectivity index (χ4n) is 2.78. The largest absolute Gasteiger partial charge is 0.493 e. The molecule has 22 heavy (non-hydrogen) atoms. The number of benzene rings is 1. The minimum absolute atomic E-state index is 0.0833. The first-order valence-corrected chi connectivity index (χ1v) is 7.45. The number of rotatable bonds is 5. The first-order valence-electron chi connectivity index (χ1n) is 7.45. The highest BCUT2D eigenvalue weighted by Gasteiger charge is 2.23. The zero-order valence-electron chi connectivity index (χ0n) is 12.8. The smallest absolute Gasteiger partial charge is 0.387 e. The van der Waals surface area contributed by atoms with Gasteiger partial charge in [0.05, 0.1) is 7.11 Å². The molecule has 122 valence electrons. The number of hydrogen-bond acceptors (Lipinski definition) is 3. The fourth-order valence-corrected chi connectivity index (χ4v) is 2.78. The van der Waals surface area contributed by atoms with Gasteiger partial charge in [0, 0.05) is 11.6 Å². The van der Waals surface area contributed by atoms with Crippen molar-refractivity contribution >= 4 is 5.91 Å². The van der Waals surface area contributed by atoms with Gasteiger partial charge in [0.15, 0.2) is 11.5 Å². The van der Waals surface area contributed by atoms with Crippen molar-refractivity contribution in [1.82, 2.24) is 5.32 Å². The van der Waals surface area contributed by atoms with Crippen LogP contribution in [0.2, 0.25) is 0 Å². The molecule has 1 N–H and O–H groups in total. The number of methoxy groups -OCH3 is 1. The Bertz CT molecular complexity index is 522. The Hall–Kier alpha value is -1.85. The summed E-state index contributed by atoms with van der Waals surface area (Å²) >= 11 is 0. The lowest BCUT2D eigenvalue weighted by Gasteiger charge is -2.29. The predicted octanol–water partition coefficient (Wildman–Crippen LogP) is 3.61. The molecule has 2 atom stereocenters. The van der Waals surface area contributed by atoms with E-state index >= 15 is 0 Å². The number of carbonyl (C=O) groups excluding carboxylic acids is 1. The molecule has 0 unspecified atom stereocenters. The number of halogens is 2. The Labute approximate surface area is 128 Å². The zero-order valence-corrected chi connectivity index (χ0v) is 12.8. The molecular formula is C16H21F2NO3. The normalized spacial score (nSPS) is 21.5. The van der Waals surface area contributed by atoms with E-state index < -0.39 is 6.61 Å². The highest BCUT2D eigenvalue weighted by atomic mass is 19.3. The van der Waals surface area contributed by atoms with Crippen molar-refractivity contribution in [2.24, 2.45) is 5.92 Å². The Balaban J connectivity index is 2.09. The lowest BCUT2D eigenvalue weighted by Crippen LogP contribution is -2.41. The van der Waals surface area contributed by atoms with Crippen LogP contribution in [0.4, 0.5) is 8.78 Å². The number of carbonyl (C=O) groups is 1. The topological polar surface area (TPSA) is 47.6 Å². The van der Waals surface area contributed by atoms with E-state index in [0.717, 1.165) is 19.3 Å². The summed E-state index contributed by atoms with van der Waals surface area (Å²) in [4.78, 5) is 12.3. The molecule has 6 heteroatoms. The fraction of sp³-hybridized carbons (Fsp3) is 0.562. The summed E-state index contributed by atoms with van der Waals surface area (Å²) in [5.74, 6) is 0.256. The van der Waals surface area contributed by atoms with Gasteiger partial charge >= 0.3 is 6.61 Å². The average Bonchev–Trinajstić information content (AvgIpc) is 2.49. The molecular weight excluding hydrogens is 292 g/mol. The van der Waals surface area contributed by atoms with Crippen molar-refractivity contribution in [3.05, 3.63) is 23.8 Å². The maximum absolute atomic E-state index is 12.3. The molecule has 0 aromatic heterocycles. The van der Waals surface area contributed by atoms with Crippen LogP contribution in [0.25, 0.3) is 0 Å². The molecule has 1 aromatic carbocycles. The Morgan fingerprint density at radius 2 is 2.00 bits per heavy atom. The van der Waals surface area contributed by atoms with Gasteiger partial charge in [-0.15, -0.1) is 0 Å². The number of amides is 1. The van der Waals surface area contributed by atoms with Crippen LogP contribution in [0.1, 0.15) is 43.0 Å². The second kappa shape index (κ2) is 7.42. The van der Waals surface area contributed by atoms with Crippen molar-refractivity contribution in [1.29, 1.82) is 0 Å². The van der Waals surface area contributed by atoms with E-state index in [4.69, 9.17) is 4.74 Å². The monoisotopic (exact) mass is 313 g/mol. The molecule has 1 fully saturated rings. The van der Waals surface area contributed by atoms with Gasteiger partial charge in [-0.2, -0.15) is 8.78 Å². The lowest BCUT2D eigenvalue weighted by atomic mass is 9.86. The van der Waals surface area contributed by atoms with Crippen LogP contribution in [0, 0.1) is 5.92 Å². The molecule has 0 aliphatic heterocycles. The first kappa shape index (κ1) is 16.5. The van der Waals surface area contributed by atoms with E-state index in [1.54, 1.807) is 0 Å². The summed E-state index contributed by atoms with van der Waals surface area (Å²) in [5.41, 5.74) is 0.372. The van der Waals surface area contributed by atoms with Crippen LogP contribution in [-0.4, -0.2) is 25.7 Å². The third-order valence-corrected chi connectivity index (χ3v) is 4.07. The zero-order chi connectivity index (χ0) is 16.1. The van der Waals surface area contributed by atoms with Crippen molar-refractivity contribution in [3.8, 4) is 11.5 Å². The number of alkyl halides is 2. The highest BCUT2D eigenvalue weighted by molar-refractivity contribution is 5.95. The van der Waals surface area contributed by atoms with Gasteiger partial charge in [-0.3, -0.25) is 4.79 Å². The Kier molecular flexibility index (Phi) is 5.57. The van der Waals surface area contributed by atoms with Crippen molar-refractivity contribution in [2.45, 2.75) is 45.3 Å². The molecule has 0 bridgehead atoms. The molecule has 1 saturated carbocycles. The van der Waals surface area contributed by atoms with Crippen molar-refractivity contribution in [3.63, 3.8) is 0 Å². The van der Waals surface area contributed by atoms with Crippen molar-refractivity contribution < 1.29 is 23.0 Å². The highest BCUT2D eigenvalue weighted by Crippen LogP contribution is 2.30. The number of hydrogen-bond donors (Lipinski definition) is 1. The van der Waals surface area contributed by atoms with Gasteiger partial charge in [-0.05, 0) is 37.0 Å². The molecule has 0 radical (unpaired) electrons. The molecule has 4 nitrogen and oxygen atoms in total. The molecule has 1 aromatic rings. The molecule has 1 aliphatic rings. The van der Waals surface area contributed by atoms with Gasteiger partial charge in [0.25, 0.3) is 5.91 Å². The molecule has 0 heterocycles. The van der Waals surface area contributed by atoms with E-state index in [0.29, 0.717) is 11.5 Å². The Morgan fingerprint density at radius 1 is 1.27 bits per heavy atom. The third kappa shape index (κ3) is 4.08. The quantitative estimate of drug-likeness (QED) is 0.903. The third-order valence-electron chi connectivity index (χ3n) is 4.07. The SMILES string of the molecule is COc1cc(C(=O)N[C@H]2CCCC[C@H]2C)ccc1OC(F)F. The summed E-state index contributed by atoms with van der Waals surface area (Å²) in [6.45, 7) is -0.804. The minimum Gasteiger partial charge on any atom is -0.493 e. The standard InChI is InChI=1S/C16H21F2NO3/c1-10-5-3-4-6-12(10)19-15(20)11-7-8-13(22-16(17)18)14(9-11)21-2/h7-10,12,16H,3-6H2,1-2H3,(H,19,20)/t10-,12+/m1/s1. The molecule has 0 spiro atoms. The molecule has 1 amide bonds. The molecule has 1 aliphatic carbocycles. The maximum Gasteiger partial charge on any atom is 0.387 e. The summed E-state index contributed by atoms with van der Waals surface area (Å²) in [6, 6.07) is 4.36. The second-order valence-electron chi connectivity index (χ2n) is 5.59. The average molecular weight is 313 g/mol. The van der Waals surface area contributed by atoms with Crippen LogP contribution in [0.3, 0.4) is 0 Å².